The fraction of sp³-hybridized carbons (Fsp3) is 0. The molecule has 0 aliphatic carbocycles. The van der Waals surface area contributed by atoms with E-state index < -0.39 is 113 Å². The summed E-state index contributed by atoms with van der Waals surface area (Å²) in [5.74, 6) is 0. The fourth-order valence-electron chi connectivity index (χ4n) is 0. The summed E-state index contributed by atoms with van der Waals surface area (Å²) in [5.41, 5.74) is 0. The van der Waals surface area contributed by atoms with Crippen LogP contribution in [0.25, 0.3) is 0 Å². The molecule has 0 aromatic carbocycles. The SMILES string of the molecule is [Bi+3].[La+3].[O]=[Ta](=[O])[O-].[O]=[Ta](=[O])[O-].[O]=[Ta](=[O])[O-].[O]=[Ta](=[O])[O-].[O]=[Ta](=[O])[O-].[O]=[Ta](=[O])[O-]. The van der Waals surface area contributed by atoms with E-state index in [1.807, 2.05) is 0 Å². The Kier molecular flexibility index (Phi) is 93.9. The van der Waals surface area contributed by atoms with Gasteiger partial charge in [0.15, 0.2) is 0 Å². The van der Waals surface area contributed by atoms with Crippen LogP contribution >= 0.6 is 0 Å². The van der Waals surface area contributed by atoms with Crippen LogP contribution in [0.1, 0.15) is 0 Å². The van der Waals surface area contributed by atoms with Crippen molar-refractivity contribution < 1.29 is 209 Å². The summed E-state index contributed by atoms with van der Waals surface area (Å²) >= 11 is -26.1. The van der Waals surface area contributed by atoms with Gasteiger partial charge in [0, 0.05) is 0 Å². The molecule has 0 atom stereocenters. The van der Waals surface area contributed by atoms with Crippen molar-refractivity contribution in [1.82, 2.24) is 0 Å². The molecule has 146 valence electrons. The molecule has 0 bridgehead atoms. The van der Waals surface area contributed by atoms with Crippen molar-refractivity contribution >= 4 is 26.2 Å². The Labute approximate surface area is 230 Å². The van der Waals surface area contributed by atoms with Crippen molar-refractivity contribution in [1.29, 1.82) is 0 Å². The van der Waals surface area contributed by atoms with E-state index in [0.29, 0.717) is 0 Å². The predicted octanol–water partition coefficient (Wildman–Crippen LogP) is -8.96. The molecule has 0 rings (SSSR count). The van der Waals surface area contributed by atoms with Gasteiger partial charge in [-0.3, -0.25) is 0 Å². The predicted molar refractivity (Wildman–Crippen MR) is 14.0 cm³/mol. The van der Waals surface area contributed by atoms with Gasteiger partial charge in [0.2, 0.25) is 0 Å². The third-order valence-corrected chi connectivity index (χ3v) is 0. The molecule has 0 N–H and O–H groups in total. The topological polar surface area (TPSA) is 343 Å². The second kappa shape index (κ2) is 46.9. The standard InChI is InChI=1S/Bi.La.18O.6Ta/q2*+3;;;;;;;;;;;;;6*-1;;;;;;. The molecule has 26 heavy (non-hydrogen) atoms. The van der Waals surface area contributed by atoms with Crippen LogP contribution in [0.15, 0.2) is 0 Å². The number of hydrogen-bond acceptors (Lipinski definition) is 18. The van der Waals surface area contributed by atoms with Crippen molar-refractivity contribution in [2.45, 2.75) is 0 Å². The maximum absolute atomic E-state index is 8.62. The van der Waals surface area contributed by atoms with E-state index >= 15 is 0 Å². The summed E-state index contributed by atoms with van der Waals surface area (Å²) in [4.78, 5) is 0. The summed E-state index contributed by atoms with van der Waals surface area (Å²) in [7, 11) is 0. The van der Waals surface area contributed by atoms with E-state index in [1.54, 1.807) is 0 Å². The van der Waals surface area contributed by atoms with Gasteiger partial charge >= 0.3 is 235 Å². The molecule has 2 radical (unpaired) electrons. The van der Waals surface area contributed by atoms with Crippen molar-refractivity contribution in [2.75, 3.05) is 0 Å². The van der Waals surface area contributed by atoms with Crippen LogP contribution < -0.4 is 21.7 Å². The molecule has 26 heteroatoms. The Morgan fingerprint density at radius 2 is 0.308 bits per heavy atom. The van der Waals surface area contributed by atoms with Gasteiger partial charge in [-0.25, -0.2) is 0 Å². The van der Waals surface area contributed by atoms with Crippen LogP contribution in [0.5, 0.6) is 0 Å². The summed E-state index contributed by atoms with van der Waals surface area (Å²) in [6.07, 6.45) is 0. The zero-order valence-corrected chi connectivity index (χ0v) is 37.4. The maximum atomic E-state index is 8.62. The summed E-state index contributed by atoms with van der Waals surface area (Å²) in [5, 5.41) is 0. The Morgan fingerprint density at radius 1 is 0.308 bits per heavy atom. The molecular weight excluding hydrogens is 1720 g/mol. The van der Waals surface area contributed by atoms with Gasteiger partial charge in [-0.2, -0.15) is 0 Å². The third kappa shape index (κ3) is 1340. The third-order valence-electron chi connectivity index (χ3n) is 0. The first kappa shape index (κ1) is 52.1. The Hall–Kier alpha value is 3.88. The van der Waals surface area contributed by atoms with Gasteiger partial charge in [-0.15, -0.1) is 0 Å². The van der Waals surface area contributed by atoms with E-state index in [4.69, 9.17) is 60.7 Å². The molecule has 0 aliphatic rings. The average molecular weight is 1720 g/mol. The first-order valence-electron chi connectivity index (χ1n) is 3.29. The molecule has 18 nitrogen and oxygen atoms in total. The van der Waals surface area contributed by atoms with E-state index in [0.717, 1.165) is 0 Å². The summed E-state index contributed by atoms with van der Waals surface area (Å²) in [6.45, 7) is 0. The molecule has 0 unspecified atom stereocenters. The number of rotatable bonds is 0. The summed E-state index contributed by atoms with van der Waals surface area (Å²) in [6, 6.07) is 0. The monoisotopic (exact) mass is 1720 g/mol. The second-order valence-corrected chi connectivity index (χ2v) is 11.0. The van der Waals surface area contributed by atoms with Crippen LogP contribution in [0, 0.1) is 35.6 Å². The molecule has 0 spiro atoms. The molecular formula is BiLaO18Ta6. The van der Waals surface area contributed by atoms with Crippen molar-refractivity contribution in [3.05, 3.63) is 0 Å². The molecule has 0 heterocycles. The van der Waals surface area contributed by atoms with Crippen molar-refractivity contribution in [3.8, 4) is 0 Å². The van der Waals surface area contributed by atoms with Crippen molar-refractivity contribution in [3.63, 3.8) is 0 Å². The molecule has 0 amide bonds. The van der Waals surface area contributed by atoms with E-state index in [-0.39, 0.29) is 61.8 Å². The van der Waals surface area contributed by atoms with E-state index in [1.165, 1.54) is 0 Å². The van der Waals surface area contributed by atoms with Gasteiger partial charge in [0.25, 0.3) is 0 Å². The van der Waals surface area contributed by atoms with E-state index in [9.17, 15) is 0 Å². The van der Waals surface area contributed by atoms with E-state index in [2.05, 4.69) is 0 Å². The molecule has 0 fully saturated rings. The van der Waals surface area contributed by atoms with Crippen LogP contribution in [0.3, 0.4) is 0 Å². The molecule has 0 aliphatic heterocycles. The first-order valence-corrected chi connectivity index (χ1v) is 26.9. The van der Waals surface area contributed by atoms with Crippen LogP contribution in [-0.2, 0) is 152 Å². The molecule has 0 aromatic rings. The average Bonchev–Trinajstić information content (AvgIpc) is 2.08. The minimum atomic E-state index is -4.34. The van der Waals surface area contributed by atoms with Gasteiger partial charge < -0.3 is 0 Å². The van der Waals surface area contributed by atoms with Crippen LogP contribution in [-0.4, -0.2) is 26.2 Å². The minimum absolute atomic E-state index is 0. The second-order valence-electron chi connectivity index (χ2n) is 1.34. The van der Waals surface area contributed by atoms with Gasteiger partial charge in [0.1, 0.15) is 0 Å². The Balaban J connectivity index is -0.0000000245. The number of hydrogen-bond donors (Lipinski definition) is 0. The van der Waals surface area contributed by atoms with Gasteiger partial charge in [-0.1, -0.05) is 0 Å². The van der Waals surface area contributed by atoms with Crippen LogP contribution in [0.2, 0.25) is 0 Å². The van der Waals surface area contributed by atoms with Gasteiger partial charge in [-0.05, 0) is 0 Å². The molecule has 0 saturated heterocycles. The fourth-order valence-corrected chi connectivity index (χ4v) is 0. The van der Waals surface area contributed by atoms with Crippen molar-refractivity contribution in [2.24, 2.45) is 0 Å². The Morgan fingerprint density at radius 3 is 0.308 bits per heavy atom. The van der Waals surface area contributed by atoms with Gasteiger partial charge in [0.05, 0.1) is 0 Å². The molecule has 0 aromatic heterocycles. The first-order chi connectivity index (χ1) is 10.4. The van der Waals surface area contributed by atoms with Crippen LogP contribution in [0.4, 0.5) is 0 Å². The zero-order valence-electron chi connectivity index (χ0n) is 11.1. The quantitative estimate of drug-likeness (QED) is 0.203. The zero-order chi connectivity index (χ0) is 21.5. The summed E-state index contributed by atoms with van der Waals surface area (Å²) < 4.78 is 155. The normalized spacial score (nSPS) is 5.77. The molecule has 0 saturated carbocycles. The Bertz CT molecular complexity index is 477.